The number of aliphatic carboxylic acids is 1. The Balaban J connectivity index is 2.33. The molecule has 0 saturated heterocycles. The molecular formula is C16H14FNO3. The number of carboxylic acid groups (broad SMARTS) is 1. The summed E-state index contributed by atoms with van der Waals surface area (Å²) in [6.07, 6.45) is -0.213. The summed E-state index contributed by atoms with van der Waals surface area (Å²) in [6.45, 7) is -0.0213. The van der Waals surface area contributed by atoms with Crippen LogP contribution >= 0.6 is 0 Å². The molecule has 108 valence electrons. The van der Waals surface area contributed by atoms with E-state index in [1.165, 1.54) is 23.1 Å². The minimum atomic E-state index is -1.02. The SMILES string of the molecule is O=C(O)CCN(C(=O)c1ccccc1F)c1ccccc1. The van der Waals surface area contributed by atoms with Crippen LogP contribution in [0, 0.1) is 5.82 Å². The van der Waals surface area contributed by atoms with E-state index >= 15 is 0 Å². The number of para-hydroxylation sites is 1. The highest BCUT2D eigenvalue weighted by Crippen LogP contribution is 2.18. The average molecular weight is 287 g/mol. The van der Waals surface area contributed by atoms with Crippen LogP contribution in [-0.4, -0.2) is 23.5 Å². The van der Waals surface area contributed by atoms with Gasteiger partial charge in [-0.05, 0) is 24.3 Å². The lowest BCUT2D eigenvalue weighted by Gasteiger charge is -2.22. The molecule has 0 saturated carbocycles. The summed E-state index contributed by atoms with van der Waals surface area (Å²) < 4.78 is 13.8. The maximum atomic E-state index is 13.8. The van der Waals surface area contributed by atoms with Crippen molar-refractivity contribution in [3.8, 4) is 0 Å². The summed E-state index contributed by atoms with van der Waals surface area (Å²) in [5.41, 5.74) is 0.457. The van der Waals surface area contributed by atoms with Gasteiger partial charge in [-0.2, -0.15) is 0 Å². The third kappa shape index (κ3) is 3.66. The Morgan fingerprint density at radius 1 is 1.00 bits per heavy atom. The van der Waals surface area contributed by atoms with E-state index in [-0.39, 0.29) is 18.5 Å². The van der Waals surface area contributed by atoms with Crippen molar-refractivity contribution >= 4 is 17.6 Å². The number of rotatable bonds is 5. The fourth-order valence-electron chi connectivity index (χ4n) is 1.94. The van der Waals surface area contributed by atoms with E-state index in [2.05, 4.69) is 0 Å². The number of hydrogen-bond donors (Lipinski definition) is 1. The molecule has 2 rings (SSSR count). The molecule has 1 amide bonds. The van der Waals surface area contributed by atoms with Gasteiger partial charge < -0.3 is 10.0 Å². The first kappa shape index (κ1) is 14.7. The largest absolute Gasteiger partial charge is 0.481 e. The quantitative estimate of drug-likeness (QED) is 0.919. The van der Waals surface area contributed by atoms with Gasteiger partial charge in [-0.3, -0.25) is 9.59 Å². The molecule has 0 heterocycles. The van der Waals surface area contributed by atoms with Gasteiger partial charge >= 0.3 is 5.97 Å². The van der Waals surface area contributed by atoms with Crippen molar-refractivity contribution in [1.29, 1.82) is 0 Å². The normalized spacial score (nSPS) is 10.1. The number of carbonyl (C=O) groups is 2. The fraction of sp³-hybridized carbons (Fsp3) is 0.125. The Morgan fingerprint density at radius 2 is 1.62 bits per heavy atom. The molecule has 2 aromatic rings. The second-order valence-corrected chi connectivity index (χ2v) is 4.42. The average Bonchev–Trinajstić information content (AvgIpc) is 2.48. The third-order valence-electron chi connectivity index (χ3n) is 2.97. The van der Waals surface area contributed by atoms with Crippen molar-refractivity contribution in [2.24, 2.45) is 0 Å². The molecule has 0 aromatic heterocycles. The highest BCUT2D eigenvalue weighted by Gasteiger charge is 2.21. The summed E-state index contributed by atoms with van der Waals surface area (Å²) in [5, 5.41) is 8.80. The zero-order valence-electron chi connectivity index (χ0n) is 11.2. The van der Waals surface area contributed by atoms with Crippen LogP contribution in [0.4, 0.5) is 10.1 Å². The summed E-state index contributed by atoms with van der Waals surface area (Å²) in [4.78, 5) is 24.5. The van der Waals surface area contributed by atoms with Crippen LogP contribution in [0.1, 0.15) is 16.8 Å². The van der Waals surface area contributed by atoms with E-state index in [0.29, 0.717) is 5.69 Å². The minimum Gasteiger partial charge on any atom is -0.481 e. The lowest BCUT2D eigenvalue weighted by atomic mass is 10.1. The van der Waals surface area contributed by atoms with Gasteiger partial charge in [0, 0.05) is 12.2 Å². The molecule has 2 aromatic carbocycles. The van der Waals surface area contributed by atoms with Crippen molar-refractivity contribution in [3.63, 3.8) is 0 Å². The number of nitrogens with zero attached hydrogens (tertiary/aromatic N) is 1. The number of carboxylic acids is 1. The lowest BCUT2D eigenvalue weighted by molar-refractivity contribution is -0.136. The van der Waals surface area contributed by atoms with Gasteiger partial charge in [0.1, 0.15) is 5.82 Å². The Hall–Kier alpha value is -2.69. The highest BCUT2D eigenvalue weighted by atomic mass is 19.1. The Bertz CT molecular complexity index is 643. The minimum absolute atomic E-state index is 0.0213. The van der Waals surface area contributed by atoms with Gasteiger partial charge in [0.2, 0.25) is 0 Å². The zero-order valence-corrected chi connectivity index (χ0v) is 11.2. The smallest absolute Gasteiger partial charge is 0.305 e. The third-order valence-corrected chi connectivity index (χ3v) is 2.97. The summed E-state index contributed by atoms with van der Waals surface area (Å²) in [6, 6.07) is 14.3. The molecule has 0 aliphatic rings. The summed E-state index contributed by atoms with van der Waals surface area (Å²) in [7, 11) is 0. The molecule has 0 radical (unpaired) electrons. The maximum Gasteiger partial charge on any atom is 0.305 e. The zero-order chi connectivity index (χ0) is 15.2. The monoisotopic (exact) mass is 287 g/mol. The molecule has 5 heteroatoms. The molecule has 0 aliphatic heterocycles. The van der Waals surface area contributed by atoms with E-state index in [0.717, 1.165) is 0 Å². The van der Waals surface area contributed by atoms with Crippen LogP contribution in [0.15, 0.2) is 54.6 Å². The van der Waals surface area contributed by atoms with E-state index in [1.807, 2.05) is 0 Å². The molecule has 0 atom stereocenters. The Kier molecular flexibility index (Phi) is 4.66. The van der Waals surface area contributed by atoms with Crippen LogP contribution in [-0.2, 0) is 4.79 Å². The second kappa shape index (κ2) is 6.65. The molecule has 0 unspecified atom stereocenters. The molecule has 0 spiro atoms. The number of carbonyl (C=O) groups excluding carboxylic acids is 1. The van der Waals surface area contributed by atoms with Gasteiger partial charge in [-0.25, -0.2) is 4.39 Å². The van der Waals surface area contributed by atoms with Crippen molar-refractivity contribution in [3.05, 3.63) is 66.0 Å². The highest BCUT2D eigenvalue weighted by molar-refractivity contribution is 6.06. The number of benzene rings is 2. The van der Waals surface area contributed by atoms with Gasteiger partial charge in [0.05, 0.1) is 12.0 Å². The van der Waals surface area contributed by atoms with Crippen LogP contribution in [0.5, 0.6) is 0 Å². The fourth-order valence-corrected chi connectivity index (χ4v) is 1.94. The van der Waals surface area contributed by atoms with Gasteiger partial charge in [-0.15, -0.1) is 0 Å². The first-order valence-electron chi connectivity index (χ1n) is 6.43. The van der Waals surface area contributed by atoms with Crippen LogP contribution < -0.4 is 4.90 Å². The predicted molar refractivity (Wildman–Crippen MR) is 76.8 cm³/mol. The van der Waals surface area contributed by atoms with E-state index < -0.39 is 17.7 Å². The van der Waals surface area contributed by atoms with Crippen molar-refractivity contribution in [2.75, 3.05) is 11.4 Å². The van der Waals surface area contributed by atoms with Crippen LogP contribution in [0.3, 0.4) is 0 Å². The number of amides is 1. The number of anilines is 1. The predicted octanol–water partition coefficient (Wildman–Crippen LogP) is 2.95. The topological polar surface area (TPSA) is 57.6 Å². The maximum absolute atomic E-state index is 13.8. The molecule has 0 fully saturated rings. The molecule has 1 N–H and O–H groups in total. The van der Waals surface area contributed by atoms with E-state index in [1.54, 1.807) is 36.4 Å². The second-order valence-electron chi connectivity index (χ2n) is 4.42. The van der Waals surface area contributed by atoms with Crippen molar-refractivity contribution < 1.29 is 19.1 Å². The molecule has 4 nitrogen and oxygen atoms in total. The molecular weight excluding hydrogens is 273 g/mol. The van der Waals surface area contributed by atoms with E-state index in [9.17, 15) is 14.0 Å². The van der Waals surface area contributed by atoms with Gasteiger partial charge in [0.15, 0.2) is 0 Å². The van der Waals surface area contributed by atoms with Gasteiger partial charge in [-0.1, -0.05) is 30.3 Å². The van der Waals surface area contributed by atoms with Gasteiger partial charge in [0.25, 0.3) is 5.91 Å². The Morgan fingerprint density at radius 3 is 2.24 bits per heavy atom. The summed E-state index contributed by atoms with van der Waals surface area (Å²) in [5.74, 6) is -2.20. The lowest BCUT2D eigenvalue weighted by Crippen LogP contribution is -2.33. The first-order chi connectivity index (χ1) is 10.1. The number of halogens is 1. The van der Waals surface area contributed by atoms with Crippen molar-refractivity contribution in [2.45, 2.75) is 6.42 Å². The number of hydrogen-bond acceptors (Lipinski definition) is 2. The molecule has 0 aliphatic carbocycles. The van der Waals surface area contributed by atoms with Crippen LogP contribution in [0.25, 0.3) is 0 Å². The van der Waals surface area contributed by atoms with Crippen molar-refractivity contribution in [1.82, 2.24) is 0 Å². The molecule has 0 bridgehead atoms. The first-order valence-corrected chi connectivity index (χ1v) is 6.43. The van der Waals surface area contributed by atoms with Crippen LogP contribution in [0.2, 0.25) is 0 Å². The summed E-state index contributed by atoms with van der Waals surface area (Å²) >= 11 is 0. The van der Waals surface area contributed by atoms with E-state index in [4.69, 9.17) is 5.11 Å². The standard InChI is InChI=1S/C16H14FNO3/c17-14-9-5-4-8-13(14)16(21)18(11-10-15(19)20)12-6-2-1-3-7-12/h1-9H,10-11H2,(H,19,20). The Labute approximate surface area is 121 Å². The molecule has 21 heavy (non-hydrogen) atoms.